The third-order valence-corrected chi connectivity index (χ3v) is 4.88. The van der Waals surface area contributed by atoms with Gasteiger partial charge < -0.3 is 0 Å². The molecule has 1 atom stereocenters. The van der Waals surface area contributed by atoms with Crippen LogP contribution in [0.2, 0.25) is 0 Å². The summed E-state index contributed by atoms with van der Waals surface area (Å²) < 4.78 is 17.1. The van der Waals surface area contributed by atoms with Crippen molar-refractivity contribution in [1.29, 1.82) is 0 Å². The molecule has 5 heteroatoms. The summed E-state index contributed by atoms with van der Waals surface area (Å²) in [6, 6.07) is 0. The summed E-state index contributed by atoms with van der Waals surface area (Å²) in [5.74, 6) is -0.669. The predicted molar refractivity (Wildman–Crippen MR) is 68.7 cm³/mol. The SMILES string of the molecule is CCCO[PH](OCCC)(OCCC)C(C)O. The fourth-order valence-electron chi connectivity index (χ4n) is 1.22. The van der Waals surface area contributed by atoms with Crippen LogP contribution in [-0.4, -0.2) is 30.8 Å². The molecule has 0 aliphatic heterocycles. The third kappa shape index (κ3) is 5.55. The van der Waals surface area contributed by atoms with Gasteiger partial charge in [0.25, 0.3) is 0 Å². The molecule has 0 heterocycles. The van der Waals surface area contributed by atoms with E-state index in [1.165, 1.54) is 0 Å². The van der Waals surface area contributed by atoms with Gasteiger partial charge in [-0.2, -0.15) is 0 Å². The molecule has 0 fully saturated rings. The van der Waals surface area contributed by atoms with E-state index in [4.69, 9.17) is 13.6 Å². The Kier molecular flexibility index (Phi) is 9.47. The van der Waals surface area contributed by atoms with Crippen molar-refractivity contribution in [3.8, 4) is 0 Å². The van der Waals surface area contributed by atoms with Crippen LogP contribution in [0.1, 0.15) is 47.0 Å². The fourth-order valence-corrected chi connectivity index (χ4v) is 3.66. The van der Waals surface area contributed by atoms with Crippen molar-refractivity contribution >= 4 is 7.94 Å². The van der Waals surface area contributed by atoms with Gasteiger partial charge in [0, 0.05) is 0 Å². The Labute approximate surface area is 99.9 Å². The van der Waals surface area contributed by atoms with Crippen LogP contribution in [0.3, 0.4) is 0 Å². The van der Waals surface area contributed by atoms with Crippen molar-refractivity contribution in [2.24, 2.45) is 0 Å². The molecule has 100 valence electrons. The van der Waals surface area contributed by atoms with Gasteiger partial charge in [-0.15, -0.1) is 0 Å². The van der Waals surface area contributed by atoms with Crippen LogP contribution in [0, 0.1) is 0 Å². The fraction of sp³-hybridized carbons (Fsp3) is 1.00. The summed E-state index contributed by atoms with van der Waals surface area (Å²) >= 11 is 0. The molecule has 0 aliphatic rings. The van der Waals surface area contributed by atoms with Gasteiger partial charge in [0.15, 0.2) is 0 Å². The van der Waals surface area contributed by atoms with Gasteiger partial charge in [-0.05, 0) is 0 Å². The van der Waals surface area contributed by atoms with E-state index >= 15 is 0 Å². The number of rotatable bonds is 10. The first-order valence-electron chi connectivity index (χ1n) is 6.22. The van der Waals surface area contributed by atoms with E-state index in [1.54, 1.807) is 6.92 Å². The normalized spacial score (nSPS) is 15.1. The van der Waals surface area contributed by atoms with Gasteiger partial charge in [-0.3, -0.25) is 0 Å². The average Bonchev–Trinajstić information content (AvgIpc) is 2.28. The first-order valence-corrected chi connectivity index (χ1v) is 8.03. The van der Waals surface area contributed by atoms with Crippen molar-refractivity contribution in [2.75, 3.05) is 19.8 Å². The van der Waals surface area contributed by atoms with Crippen LogP contribution in [0.5, 0.6) is 0 Å². The Hall–Kier alpha value is 0.270. The minimum atomic E-state index is -2.88. The molecule has 0 spiro atoms. The topological polar surface area (TPSA) is 47.9 Å². The standard InChI is InChI=1S/C11H27O4P/c1-5-8-13-16(11(4)12,14-9-6-2)15-10-7-3/h11-12,16H,5-10H2,1-4H3. The van der Waals surface area contributed by atoms with Gasteiger partial charge in [-0.1, -0.05) is 0 Å². The zero-order valence-corrected chi connectivity index (χ0v) is 12.0. The number of hydrogen-bond donors (Lipinski definition) is 1. The summed E-state index contributed by atoms with van der Waals surface area (Å²) in [5, 5.41) is 9.83. The molecular formula is C11H27O4P. The molecule has 0 rings (SSSR count). The maximum atomic E-state index is 9.83. The monoisotopic (exact) mass is 254 g/mol. The number of hydrogen-bond acceptors (Lipinski definition) is 4. The zero-order valence-electron chi connectivity index (χ0n) is 11.0. The summed E-state index contributed by atoms with van der Waals surface area (Å²) in [6.07, 6.45) is 2.69. The van der Waals surface area contributed by atoms with E-state index in [9.17, 15) is 5.11 Å². The number of aliphatic hydroxyl groups is 1. The van der Waals surface area contributed by atoms with E-state index in [1.807, 2.05) is 20.8 Å². The molecule has 0 radical (unpaired) electrons. The summed E-state index contributed by atoms with van der Waals surface area (Å²) in [6.45, 7) is 9.50. The van der Waals surface area contributed by atoms with Crippen LogP contribution in [0.15, 0.2) is 0 Å². The first-order chi connectivity index (χ1) is 7.63. The van der Waals surface area contributed by atoms with Crippen molar-refractivity contribution in [1.82, 2.24) is 0 Å². The Morgan fingerprint density at radius 2 is 1.19 bits per heavy atom. The van der Waals surface area contributed by atoms with Crippen molar-refractivity contribution in [2.45, 2.75) is 52.8 Å². The van der Waals surface area contributed by atoms with Gasteiger partial charge in [0.05, 0.1) is 0 Å². The molecule has 0 bridgehead atoms. The van der Waals surface area contributed by atoms with Crippen LogP contribution in [0.25, 0.3) is 0 Å². The molecule has 0 saturated heterocycles. The Bertz CT molecular complexity index is 142. The second-order valence-electron chi connectivity index (χ2n) is 3.82. The quantitative estimate of drug-likeness (QED) is 0.608. The molecule has 0 amide bonds. The molecule has 0 aliphatic carbocycles. The average molecular weight is 254 g/mol. The van der Waals surface area contributed by atoms with E-state index in [0.717, 1.165) is 19.3 Å². The second kappa shape index (κ2) is 9.32. The van der Waals surface area contributed by atoms with E-state index in [-0.39, 0.29) is 0 Å². The Morgan fingerprint density at radius 3 is 1.38 bits per heavy atom. The van der Waals surface area contributed by atoms with Gasteiger partial charge >= 0.3 is 99.2 Å². The molecule has 1 N–H and O–H groups in total. The van der Waals surface area contributed by atoms with Crippen LogP contribution in [-0.2, 0) is 13.6 Å². The Morgan fingerprint density at radius 1 is 0.875 bits per heavy atom. The second-order valence-corrected chi connectivity index (χ2v) is 6.73. The van der Waals surface area contributed by atoms with Gasteiger partial charge in [-0.25, -0.2) is 0 Å². The molecule has 0 aromatic heterocycles. The third-order valence-electron chi connectivity index (χ3n) is 2.03. The molecule has 0 aromatic carbocycles. The first kappa shape index (κ1) is 16.3. The van der Waals surface area contributed by atoms with E-state index < -0.39 is 13.8 Å². The van der Waals surface area contributed by atoms with Gasteiger partial charge in [0.2, 0.25) is 0 Å². The molecular weight excluding hydrogens is 227 g/mol. The summed E-state index contributed by atoms with van der Waals surface area (Å²) in [5.41, 5.74) is 0. The van der Waals surface area contributed by atoms with Crippen LogP contribution >= 0.6 is 7.94 Å². The molecule has 0 aromatic rings. The van der Waals surface area contributed by atoms with Crippen molar-refractivity contribution < 1.29 is 18.7 Å². The minimum absolute atomic E-state index is 0.574. The number of aliphatic hydroxyl groups excluding tert-OH is 1. The molecule has 0 saturated carbocycles. The van der Waals surface area contributed by atoms with E-state index in [0.29, 0.717) is 19.8 Å². The maximum absolute atomic E-state index is 9.83. The summed E-state index contributed by atoms with van der Waals surface area (Å²) in [4.78, 5) is 0. The van der Waals surface area contributed by atoms with E-state index in [2.05, 4.69) is 0 Å². The Balaban J connectivity index is 4.46. The summed E-state index contributed by atoms with van der Waals surface area (Å²) in [7, 11) is -2.88. The van der Waals surface area contributed by atoms with Crippen molar-refractivity contribution in [3.05, 3.63) is 0 Å². The van der Waals surface area contributed by atoms with Crippen LogP contribution in [0.4, 0.5) is 0 Å². The van der Waals surface area contributed by atoms with Gasteiger partial charge in [0.1, 0.15) is 0 Å². The predicted octanol–water partition coefficient (Wildman–Crippen LogP) is 3.10. The molecule has 16 heavy (non-hydrogen) atoms. The zero-order chi connectivity index (χ0) is 12.4. The molecule has 4 nitrogen and oxygen atoms in total. The molecule has 1 unspecified atom stereocenters. The van der Waals surface area contributed by atoms with Crippen molar-refractivity contribution in [3.63, 3.8) is 0 Å². The van der Waals surface area contributed by atoms with Crippen LogP contribution < -0.4 is 0 Å².